The van der Waals surface area contributed by atoms with Crippen molar-refractivity contribution in [1.82, 2.24) is 5.32 Å². The van der Waals surface area contributed by atoms with Gasteiger partial charge in [0.15, 0.2) is 0 Å². The maximum absolute atomic E-state index is 14.1. The molecule has 1 aromatic rings. The molecule has 0 bridgehead atoms. The normalized spacial score (nSPS) is 14.2. The molecule has 0 aromatic heterocycles. The molecule has 20 heavy (non-hydrogen) atoms. The summed E-state index contributed by atoms with van der Waals surface area (Å²) in [5, 5.41) is 3.12. The number of hydrogen-bond donors (Lipinski definition) is 2. The monoisotopic (exact) mass is 321 g/mol. The smallest absolute Gasteiger partial charge is 0.229 e. The molecule has 8 heteroatoms. The minimum absolute atomic E-state index is 0. The van der Waals surface area contributed by atoms with Crippen molar-refractivity contribution in [1.29, 1.82) is 0 Å². The van der Waals surface area contributed by atoms with Crippen LogP contribution < -0.4 is 10.0 Å². The zero-order valence-electron chi connectivity index (χ0n) is 11.2. The fraction of sp³-hybridized carbons (Fsp3) is 0.417. The zero-order chi connectivity index (χ0) is 14.0. The first-order valence-electron chi connectivity index (χ1n) is 5.90. The SMILES string of the molecule is Cc1c(CC2=NCCN2)ccc(NS(C)(=O)=O)c1F.Cl. The number of anilines is 1. The van der Waals surface area contributed by atoms with Crippen LogP contribution in [0.4, 0.5) is 10.1 Å². The molecule has 0 spiro atoms. The Bertz CT molecular complexity index is 632. The molecule has 1 heterocycles. The molecular formula is C12H17ClFN3O2S. The topological polar surface area (TPSA) is 70.6 Å². The van der Waals surface area contributed by atoms with Gasteiger partial charge in [0.25, 0.3) is 0 Å². The van der Waals surface area contributed by atoms with Gasteiger partial charge in [-0.25, -0.2) is 12.8 Å². The molecule has 1 aromatic carbocycles. The summed E-state index contributed by atoms with van der Waals surface area (Å²) in [5.41, 5.74) is 1.21. The summed E-state index contributed by atoms with van der Waals surface area (Å²) in [6, 6.07) is 3.16. The van der Waals surface area contributed by atoms with E-state index in [1.807, 2.05) is 0 Å². The minimum atomic E-state index is -3.48. The van der Waals surface area contributed by atoms with Crippen LogP contribution in [0.15, 0.2) is 17.1 Å². The van der Waals surface area contributed by atoms with Crippen molar-refractivity contribution in [3.8, 4) is 0 Å². The van der Waals surface area contributed by atoms with Crippen molar-refractivity contribution in [3.63, 3.8) is 0 Å². The van der Waals surface area contributed by atoms with E-state index in [1.165, 1.54) is 6.07 Å². The highest BCUT2D eigenvalue weighted by Crippen LogP contribution is 2.22. The summed E-state index contributed by atoms with van der Waals surface area (Å²) < 4.78 is 38.5. The first kappa shape index (κ1) is 16.7. The van der Waals surface area contributed by atoms with Gasteiger partial charge in [-0.15, -0.1) is 12.4 Å². The number of hydrogen-bond acceptors (Lipinski definition) is 4. The van der Waals surface area contributed by atoms with Crippen molar-refractivity contribution < 1.29 is 12.8 Å². The third-order valence-corrected chi connectivity index (χ3v) is 3.49. The molecule has 0 unspecified atom stereocenters. The lowest BCUT2D eigenvalue weighted by atomic mass is 10.0. The summed E-state index contributed by atoms with van der Waals surface area (Å²) in [4.78, 5) is 4.26. The second-order valence-corrected chi connectivity index (χ2v) is 6.27. The lowest BCUT2D eigenvalue weighted by Crippen LogP contribution is -2.21. The lowest BCUT2D eigenvalue weighted by molar-refractivity contribution is 0.602. The Morgan fingerprint density at radius 1 is 1.45 bits per heavy atom. The van der Waals surface area contributed by atoms with Gasteiger partial charge in [0.2, 0.25) is 10.0 Å². The van der Waals surface area contributed by atoms with Gasteiger partial charge in [0.1, 0.15) is 11.7 Å². The second kappa shape index (κ2) is 6.41. The first-order chi connectivity index (χ1) is 8.87. The number of rotatable bonds is 4. The predicted molar refractivity (Wildman–Crippen MR) is 80.9 cm³/mol. The maximum atomic E-state index is 14.1. The summed E-state index contributed by atoms with van der Waals surface area (Å²) in [6.07, 6.45) is 1.52. The van der Waals surface area contributed by atoms with E-state index < -0.39 is 15.8 Å². The van der Waals surface area contributed by atoms with Crippen molar-refractivity contribution in [3.05, 3.63) is 29.1 Å². The van der Waals surface area contributed by atoms with E-state index in [9.17, 15) is 12.8 Å². The largest absolute Gasteiger partial charge is 0.372 e. The van der Waals surface area contributed by atoms with Crippen LogP contribution in [-0.4, -0.2) is 33.6 Å². The fourth-order valence-corrected chi connectivity index (χ4v) is 2.50. The number of benzene rings is 1. The van der Waals surface area contributed by atoms with Crippen molar-refractivity contribution in [2.24, 2.45) is 4.99 Å². The molecule has 0 atom stereocenters. The first-order valence-corrected chi connectivity index (χ1v) is 7.79. The number of nitrogens with zero attached hydrogens (tertiary/aromatic N) is 1. The Morgan fingerprint density at radius 3 is 2.70 bits per heavy atom. The molecule has 0 saturated carbocycles. The Balaban J connectivity index is 0.00000200. The number of nitrogens with one attached hydrogen (secondary N) is 2. The standard InChI is InChI=1S/C12H16FN3O2S.ClH/c1-8-9(7-11-14-5-6-15-11)3-4-10(12(8)13)16-19(2,17)18;/h3-4,16H,5-7H2,1-2H3,(H,14,15);1H. The Kier molecular flexibility index (Phi) is 5.35. The summed E-state index contributed by atoms with van der Waals surface area (Å²) in [5.74, 6) is 0.299. The van der Waals surface area contributed by atoms with Gasteiger partial charge in [-0.3, -0.25) is 9.71 Å². The Morgan fingerprint density at radius 2 is 2.15 bits per heavy atom. The molecule has 112 valence electrons. The van der Waals surface area contributed by atoms with E-state index in [0.29, 0.717) is 12.0 Å². The molecule has 0 fully saturated rings. The average Bonchev–Trinajstić information content (AvgIpc) is 2.80. The highest BCUT2D eigenvalue weighted by atomic mass is 35.5. The third kappa shape index (κ3) is 4.08. The van der Waals surface area contributed by atoms with Crippen LogP contribution in [0, 0.1) is 12.7 Å². The minimum Gasteiger partial charge on any atom is -0.372 e. The van der Waals surface area contributed by atoms with Crippen LogP contribution in [-0.2, 0) is 16.4 Å². The lowest BCUT2D eigenvalue weighted by Gasteiger charge is -2.12. The van der Waals surface area contributed by atoms with Gasteiger partial charge in [-0.1, -0.05) is 6.07 Å². The molecule has 2 rings (SSSR count). The Labute approximate surface area is 124 Å². The summed E-state index contributed by atoms with van der Waals surface area (Å²) in [6.45, 7) is 3.18. The van der Waals surface area contributed by atoms with Gasteiger partial charge in [0.05, 0.1) is 18.5 Å². The fourth-order valence-electron chi connectivity index (χ4n) is 1.94. The van der Waals surface area contributed by atoms with E-state index in [2.05, 4.69) is 15.0 Å². The molecule has 0 amide bonds. The highest BCUT2D eigenvalue weighted by Gasteiger charge is 2.15. The van der Waals surface area contributed by atoms with E-state index in [0.717, 1.165) is 30.7 Å². The van der Waals surface area contributed by atoms with Gasteiger partial charge in [-0.05, 0) is 24.1 Å². The van der Waals surface area contributed by atoms with Crippen LogP contribution in [0.3, 0.4) is 0 Å². The van der Waals surface area contributed by atoms with Crippen LogP contribution >= 0.6 is 12.4 Å². The maximum Gasteiger partial charge on any atom is 0.229 e. The predicted octanol–water partition coefficient (Wildman–Crippen LogP) is 1.47. The molecule has 1 aliphatic heterocycles. The zero-order valence-corrected chi connectivity index (χ0v) is 12.9. The van der Waals surface area contributed by atoms with Gasteiger partial charge in [-0.2, -0.15) is 0 Å². The van der Waals surface area contributed by atoms with E-state index in [1.54, 1.807) is 13.0 Å². The van der Waals surface area contributed by atoms with Crippen LogP contribution in [0.1, 0.15) is 11.1 Å². The summed E-state index contributed by atoms with van der Waals surface area (Å²) in [7, 11) is -3.48. The Hall–Kier alpha value is -1.34. The summed E-state index contributed by atoms with van der Waals surface area (Å²) >= 11 is 0. The molecule has 2 N–H and O–H groups in total. The van der Waals surface area contributed by atoms with Crippen molar-refractivity contribution >= 4 is 34.0 Å². The highest BCUT2D eigenvalue weighted by molar-refractivity contribution is 7.92. The number of amidine groups is 1. The molecule has 0 radical (unpaired) electrons. The van der Waals surface area contributed by atoms with E-state index >= 15 is 0 Å². The van der Waals surface area contributed by atoms with Crippen LogP contribution in [0.5, 0.6) is 0 Å². The molecule has 1 aliphatic rings. The quantitative estimate of drug-likeness (QED) is 0.882. The molecule has 5 nitrogen and oxygen atoms in total. The average molecular weight is 322 g/mol. The van der Waals surface area contributed by atoms with Crippen LogP contribution in [0.25, 0.3) is 0 Å². The molecule has 0 saturated heterocycles. The van der Waals surface area contributed by atoms with Gasteiger partial charge < -0.3 is 5.32 Å². The van der Waals surface area contributed by atoms with Crippen molar-refractivity contribution in [2.75, 3.05) is 24.1 Å². The number of halogens is 2. The number of sulfonamides is 1. The van der Waals surface area contributed by atoms with E-state index in [4.69, 9.17) is 0 Å². The van der Waals surface area contributed by atoms with Gasteiger partial charge in [0, 0.05) is 13.0 Å². The third-order valence-electron chi connectivity index (χ3n) is 2.90. The van der Waals surface area contributed by atoms with Gasteiger partial charge >= 0.3 is 0 Å². The second-order valence-electron chi connectivity index (χ2n) is 4.52. The number of aliphatic imine (C=N–C) groups is 1. The molecular weight excluding hydrogens is 305 g/mol. The van der Waals surface area contributed by atoms with Crippen LogP contribution in [0.2, 0.25) is 0 Å². The molecule has 0 aliphatic carbocycles. The van der Waals surface area contributed by atoms with E-state index in [-0.39, 0.29) is 18.1 Å². The van der Waals surface area contributed by atoms with Crippen molar-refractivity contribution in [2.45, 2.75) is 13.3 Å².